The Hall–Kier alpha value is -0.900. The Bertz CT molecular complexity index is 325. The molecule has 2 N–H and O–H groups in total. The highest BCUT2D eigenvalue weighted by atomic mass is 19.4. The molecule has 0 spiro atoms. The number of ether oxygens (including phenoxy) is 3. The summed E-state index contributed by atoms with van der Waals surface area (Å²) >= 11 is 0. The number of aliphatic hydroxyl groups excluding tert-OH is 1. The average molecular weight is 287 g/mol. The van der Waals surface area contributed by atoms with Crippen molar-refractivity contribution in [2.24, 2.45) is 0 Å². The Kier molecular flexibility index (Phi) is 5.13. The fraction of sp³-hybridized carbons (Fsp3) is 0.900. The minimum Gasteiger partial charge on any atom is -0.388 e. The van der Waals surface area contributed by atoms with Gasteiger partial charge in [0.2, 0.25) is 0 Å². The Morgan fingerprint density at radius 3 is 2.32 bits per heavy atom. The number of rotatable bonds is 3. The molecule has 19 heavy (non-hydrogen) atoms. The molecule has 9 heteroatoms. The molecule has 1 saturated heterocycles. The maximum Gasteiger partial charge on any atom is 0.471 e. The molecule has 1 heterocycles. The third-order valence-electron chi connectivity index (χ3n) is 2.89. The molecular weight excluding hydrogens is 271 g/mol. The van der Waals surface area contributed by atoms with Crippen molar-refractivity contribution in [3.05, 3.63) is 0 Å². The summed E-state index contributed by atoms with van der Waals surface area (Å²) in [5.41, 5.74) is 0. The standard InChI is InChI=1S/C10H16F3NO5/c1-4-5(14-9(16)10(11,12)13)6(15)7(17-2)8(18-3)19-4/h4-8,15H,1-3H3,(H,14,16)/t4-,5-,6+,7+,8+/m1/s1. The van der Waals surface area contributed by atoms with Crippen LogP contribution < -0.4 is 5.32 Å². The second-order valence-corrected chi connectivity index (χ2v) is 4.13. The van der Waals surface area contributed by atoms with Gasteiger partial charge in [0.05, 0.1) is 12.1 Å². The van der Waals surface area contributed by atoms with Crippen LogP contribution in [-0.4, -0.2) is 62.1 Å². The number of halogens is 3. The predicted octanol–water partition coefficient (Wildman–Crippen LogP) is -0.199. The van der Waals surface area contributed by atoms with Crippen molar-refractivity contribution in [2.45, 2.75) is 43.7 Å². The lowest BCUT2D eigenvalue weighted by Crippen LogP contribution is -2.64. The van der Waals surface area contributed by atoms with Gasteiger partial charge in [0, 0.05) is 14.2 Å². The maximum atomic E-state index is 12.2. The number of methoxy groups -OCH3 is 2. The molecule has 0 aromatic carbocycles. The van der Waals surface area contributed by atoms with E-state index in [0.29, 0.717) is 0 Å². The van der Waals surface area contributed by atoms with Gasteiger partial charge in [-0.1, -0.05) is 0 Å². The molecule has 1 rings (SSSR count). The fourth-order valence-corrected chi connectivity index (χ4v) is 1.89. The molecule has 112 valence electrons. The van der Waals surface area contributed by atoms with Crippen LogP contribution >= 0.6 is 0 Å². The van der Waals surface area contributed by atoms with Crippen LogP contribution in [0.2, 0.25) is 0 Å². The molecule has 0 aromatic heterocycles. The summed E-state index contributed by atoms with van der Waals surface area (Å²) in [5.74, 6) is -2.14. The summed E-state index contributed by atoms with van der Waals surface area (Å²) in [5, 5.41) is 11.6. The maximum absolute atomic E-state index is 12.2. The van der Waals surface area contributed by atoms with Crippen molar-refractivity contribution in [2.75, 3.05) is 14.2 Å². The zero-order chi connectivity index (χ0) is 14.8. The molecule has 5 atom stereocenters. The van der Waals surface area contributed by atoms with Crippen molar-refractivity contribution in [3.8, 4) is 0 Å². The Balaban J connectivity index is 2.81. The largest absolute Gasteiger partial charge is 0.471 e. The minimum atomic E-state index is -5.03. The van der Waals surface area contributed by atoms with E-state index in [1.165, 1.54) is 21.1 Å². The quantitative estimate of drug-likeness (QED) is 0.752. The van der Waals surface area contributed by atoms with E-state index in [0.717, 1.165) is 0 Å². The van der Waals surface area contributed by atoms with Gasteiger partial charge in [-0.05, 0) is 6.92 Å². The molecular formula is C10H16F3NO5. The molecule has 6 nitrogen and oxygen atoms in total. The summed E-state index contributed by atoms with van der Waals surface area (Å²) < 4.78 is 51.6. The zero-order valence-corrected chi connectivity index (χ0v) is 10.6. The number of aliphatic hydroxyl groups is 1. The van der Waals surface area contributed by atoms with Gasteiger partial charge in [-0.2, -0.15) is 13.2 Å². The Morgan fingerprint density at radius 2 is 1.89 bits per heavy atom. The number of nitrogens with one attached hydrogen (secondary N) is 1. The van der Waals surface area contributed by atoms with Crippen molar-refractivity contribution in [3.63, 3.8) is 0 Å². The molecule has 0 aromatic rings. The lowest BCUT2D eigenvalue weighted by Gasteiger charge is -2.42. The van der Waals surface area contributed by atoms with E-state index in [1.54, 1.807) is 5.32 Å². The normalized spacial score (nSPS) is 36.1. The van der Waals surface area contributed by atoms with Crippen molar-refractivity contribution >= 4 is 5.91 Å². The summed E-state index contributed by atoms with van der Waals surface area (Å²) in [4.78, 5) is 10.9. The van der Waals surface area contributed by atoms with Crippen molar-refractivity contribution < 1.29 is 37.3 Å². The van der Waals surface area contributed by atoms with Gasteiger partial charge in [-0.25, -0.2) is 0 Å². The second-order valence-electron chi connectivity index (χ2n) is 4.13. The third-order valence-corrected chi connectivity index (χ3v) is 2.89. The molecule has 0 bridgehead atoms. The van der Waals surface area contributed by atoms with E-state index in [1.807, 2.05) is 0 Å². The van der Waals surface area contributed by atoms with Crippen LogP contribution in [0.5, 0.6) is 0 Å². The van der Waals surface area contributed by atoms with E-state index in [4.69, 9.17) is 14.2 Å². The minimum absolute atomic E-state index is 0.863. The van der Waals surface area contributed by atoms with E-state index in [2.05, 4.69) is 0 Å². The summed E-state index contributed by atoms with van der Waals surface area (Å²) in [6.07, 6.45) is -9.20. The number of hydrogen-bond acceptors (Lipinski definition) is 5. The summed E-state index contributed by atoms with van der Waals surface area (Å²) in [6, 6.07) is -1.24. The molecule has 1 aliphatic rings. The van der Waals surface area contributed by atoms with Crippen LogP contribution in [0.25, 0.3) is 0 Å². The Morgan fingerprint density at radius 1 is 1.32 bits per heavy atom. The number of amides is 1. The van der Waals surface area contributed by atoms with Crippen LogP contribution in [0.1, 0.15) is 6.92 Å². The van der Waals surface area contributed by atoms with Gasteiger partial charge in [0.25, 0.3) is 0 Å². The van der Waals surface area contributed by atoms with Crippen LogP contribution in [0, 0.1) is 0 Å². The average Bonchev–Trinajstić information content (AvgIpc) is 2.32. The molecule has 1 amide bonds. The van der Waals surface area contributed by atoms with Crippen LogP contribution in [-0.2, 0) is 19.0 Å². The topological polar surface area (TPSA) is 77.0 Å². The first-order valence-corrected chi connectivity index (χ1v) is 5.49. The van der Waals surface area contributed by atoms with Crippen LogP contribution in [0.3, 0.4) is 0 Å². The van der Waals surface area contributed by atoms with Crippen LogP contribution in [0.4, 0.5) is 13.2 Å². The third kappa shape index (κ3) is 3.56. The molecule has 0 saturated carbocycles. The van der Waals surface area contributed by atoms with Gasteiger partial charge >= 0.3 is 12.1 Å². The molecule has 1 aliphatic heterocycles. The van der Waals surface area contributed by atoms with Gasteiger partial charge in [0.15, 0.2) is 6.29 Å². The fourth-order valence-electron chi connectivity index (χ4n) is 1.89. The first-order valence-electron chi connectivity index (χ1n) is 5.49. The number of carbonyl (C=O) groups excluding carboxylic acids is 1. The highest BCUT2D eigenvalue weighted by Crippen LogP contribution is 2.24. The predicted molar refractivity (Wildman–Crippen MR) is 56.1 cm³/mol. The Labute approximate surface area is 107 Å². The van der Waals surface area contributed by atoms with Gasteiger partial charge < -0.3 is 24.6 Å². The first kappa shape index (κ1) is 16.2. The van der Waals surface area contributed by atoms with Crippen molar-refractivity contribution in [1.29, 1.82) is 0 Å². The lowest BCUT2D eigenvalue weighted by molar-refractivity contribution is -0.270. The number of carbonyl (C=O) groups is 1. The highest BCUT2D eigenvalue weighted by molar-refractivity contribution is 5.82. The van der Waals surface area contributed by atoms with E-state index in [-0.39, 0.29) is 0 Å². The smallest absolute Gasteiger partial charge is 0.388 e. The van der Waals surface area contributed by atoms with Gasteiger partial charge in [-0.15, -0.1) is 0 Å². The lowest BCUT2D eigenvalue weighted by atomic mass is 9.96. The highest BCUT2D eigenvalue weighted by Gasteiger charge is 2.48. The summed E-state index contributed by atoms with van der Waals surface area (Å²) in [6.45, 7) is 1.42. The summed E-state index contributed by atoms with van der Waals surface area (Å²) in [7, 11) is 2.56. The molecule has 1 fully saturated rings. The number of alkyl halides is 3. The zero-order valence-electron chi connectivity index (χ0n) is 10.6. The van der Waals surface area contributed by atoms with Gasteiger partial charge in [-0.3, -0.25) is 4.79 Å². The number of hydrogen-bond donors (Lipinski definition) is 2. The molecule has 0 radical (unpaired) electrons. The molecule has 0 aliphatic carbocycles. The van der Waals surface area contributed by atoms with Gasteiger partial charge in [0.1, 0.15) is 12.2 Å². The van der Waals surface area contributed by atoms with Crippen molar-refractivity contribution in [1.82, 2.24) is 5.32 Å². The van der Waals surface area contributed by atoms with Crippen LogP contribution in [0.15, 0.2) is 0 Å². The second kappa shape index (κ2) is 6.04. The first-order chi connectivity index (χ1) is 8.72. The van der Waals surface area contributed by atoms with E-state index in [9.17, 15) is 23.1 Å². The SMILES string of the molecule is CO[C@H]1O[C@H](C)[C@@H](NC(=O)C(F)(F)F)[C@H](O)[C@@H]1OC. The molecule has 0 unspecified atom stereocenters. The van der Waals surface area contributed by atoms with E-state index < -0.39 is 42.7 Å². The van der Waals surface area contributed by atoms with E-state index >= 15 is 0 Å². The monoisotopic (exact) mass is 287 g/mol.